The predicted molar refractivity (Wildman–Crippen MR) is 80.6 cm³/mol. The van der Waals surface area contributed by atoms with Gasteiger partial charge in [0.25, 0.3) is 10.0 Å². The summed E-state index contributed by atoms with van der Waals surface area (Å²) in [7, 11) is -3.51. The van der Waals surface area contributed by atoms with Gasteiger partial charge in [-0.2, -0.15) is 4.31 Å². The lowest BCUT2D eigenvalue weighted by Gasteiger charge is -2.24. The normalized spacial score (nSPS) is 12.3. The van der Waals surface area contributed by atoms with Crippen LogP contribution in [0.2, 0.25) is 0 Å². The number of aromatic nitrogens is 1. The van der Waals surface area contributed by atoms with Crippen molar-refractivity contribution in [2.75, 3.05) is 13.1 Å². The van der Waals surface area contributed by atoms with Gasteiger partial charge in [0, 0.05) is 25.8 Å². The highest BCUT2D eigenvalue weighted by Gasteiger charge is 2.26. The van der Waals surface area contributed by atoms with E-state index in [0.717, 1.165) is 18.4 Å². The summed E-state index contributed by atoms with van der Waals surface area (Å²) in [6, 6.07) is 3.25. The summed E-state index contributed by atoms with van der Waals surface area (Å²) < 4.78 is 26.6. The zero-order valence-electron chi connectivity index (χ0n) is 12.5. The number of hydrogen-bond donors (Lipinski definition) is 1. The van der Waals surface area contributed by atoms with E-state index < -0.39 is 10.0 Å². The Bertz CT molecular complexity index is 496. The third-order valence-electron chi connectivity index (χ3n) is 3.61. The van der Waals surface area contributed by atoms with Crippen LogP contribution in [0, 0.1) is 5.92 Å². The molecule has 1 rings (SSSR count). The fraction of sp³-hybridized carbons (Fsp3) is 0.643. The fourth-order valence-electron chi connectivity index (χ4n) is 2.05. The molecule has 0 radical (unpaired) electrons. The molecule has 6 heteroatoms. The van der Waals surface area contributed by atoms with E-state index in [9.17, 15) is 8.42 Å². The highest BCUT2D eigenvalue weighted by atomic mass is 32.2. The summed E-state index contributed by atoms with van der Waals surface area (Å²) in [5.41, 5.74) is 6.32. The van der Waals surface area contributed by atoms with E-state index in [0.29, 0.717) is 25.6 Å². The van der Waals surface area contributed by atoms with Crippen LogP contribution in [-0.4, -0.2) is 30.8 Å². The monoisotopic (exact) mass is 299 g/mol. The van der Waals surface area contributed by atoms with Crippen LogP contribution in [-0.2, 0) is 16.6 Å². The minimum atomic E-state index is -3.51. The molecule has 1 aromatic rings. The number of nitrogens with zero attached hydrogens (tertiary/aromatic N) is 2. The second kappa shape index (κ2) is 7.71. The third-order valence-corrected chi connectivity index (χ3v) is 5.46. The summed E-state index contributed by atoms with van der Waals surface area (Å²) >= 11 is 0. The van der Waals surface area contributed by atoms with Crippen molar-refractivity contribution in [3.05, 3.63) is 23.9 Å². The topological polar surface area (TPSA) is 76.3 Å². The number of hydrogen-bond acceptors (Lipinski definition) is 4. The average Bonchev–Trinajstić information content (AvgIpc) is 2.48. The Morgan fingerprint density at radius 1 is 1.25 bits per heavy atom. The van der Waals surface area contributed by atoms with Crippen LogP contribution in [0.4, 0.5) is 0 Å². The number of pyridine rings is 1. The van der Waals surface area contributed by atoms with Crippen LogP contribution in [0.15, 0.2) is 23.4 Å². The minimum absolute atomic E-state index is 0.0995. The summed E-state index contributed by atoms with van der Waals surface area (Å²) in [4.78, 5) is 4.04. The maximum absolute atomic E-state index is 12.6. The summed E-state index contributed by atoms with van der Waals surface area (Å²) in [6.07, 6.45) is 3.47. The first-order chi connectivity index (χ1) is 9.49. The molecule has 114 valence electrons. The average molecular weight is 299 g/mol. The van der Waals surface area contributed by atoms with Crippen LogP contribution >= 0.6 is 0 Å². The van der Waals surface area contributed by atoms with E-state index in [2.05, 4.69) is 18.8 Å². The summed E-state index contributed by atoms with van der Waals surface area (Å²) in [5, 5.41) is 0.0995. The zero-order valence-corrected chi connectivity index (χ0v) is 13.4. The van der Waals surface area contributed by atoms with Gasteiger partial charge in [0.15, 0.2) is 5.03 Å². The molecule has 0 aliphatic heterocycles. The van der Waals surface area contributed by atoms with Crippen LogP contribution in [0.5, 0.6) is 0 Å². The molecule has 20 heavy (non-hydrogen) atoms. The third kappa shape index (κ3) is 4.01. The van der Waals surface area contributed by atoms with Crippen molar-refractivity contribution in [3.63, 3.8) is 0 Å². The largest absolute Gasteiger partial charge is 0.326 e. The number of nitrogens with two attached hydrogens (primary N) is 1. The first kappa shape index (κ1) is 17.1. The minimum Gasteiger partial charge on any atom is -0.326 e. The first-order valence-electron chi connectivity index (χ1n) is 7.14. The highest BCUT2D eigenvalue weighted by Crippen LogP contribution is 2.18. The maximum Gasteiger partial charge on any atom is 0.260 e. The molecular weight excluding hydrogens is 274 g/mol. The van der Waals surface area contributed by atoms with Gasteiger partial charge in [-0.3, -0.25) is 0 Å². The van der Waals surface area contributed by atoms with Gasteiger partial charge in [-0.05, 0) is 17.5 Å². The van der Waals surface area contributed by atoms with Gasteiger partial charge in [0.1, 0.15) is 0 Å². The molecular formula is C14H25N3O2S. The SMILES string of the molecule is CCC(CC)CN(CC)S(=O)(=O)c1ccc(CN)cn1. The van der Waals surface area contributed by atoms with Gasteiger partial charge >= 0.3 is 0 Å². The van der Waals surface area contributed by atoms with E-state index in [1.807, 2.05) is 6.92 Å². The van der Waals surface area contributed by atoms with Crippen LogP contribution in [0.25, 0.3) is 0 Å². The summed E-state index contributed by atoms with van der Waals surface area (Å²) in [5.74, 6) is 0.382. The molecule has 1 heterocycles. The van der Waals surface area contributed by atoms with Crippen molar-refractivity contribution >= 4 is 10.0 Å². The second-order valence-corrected chi connectivity index (χ2v) is 6.73. The Morgan fingerprint density at radius 3 is 2.30 bits per heavy atom. The van der Waals surface area contributed by atoms with E-state index in [1.54, 1.807) is 6.07 Å². The second-order valence-electron chi connectivity index (χ2n) is 4.85. The standard InChI is InChI=1S/C14H25N3O2S/c1-4-12(5-2)11-17(6-3)20(18,19)14-8-7-13(9-15)10-16-14/h7-8,10,12H,4-6,9,11,15H2,1-3H3. The molecule has 0 saturated carbocycles. The first-order valence-corrected chi connectivity index (χ1v) is 8.58. The van der Waals surface area contributed by atoms with Crippen molar-refractivity contribution in [2.24, 2.45) is 11.7 Å². The Hall–Kier alpha value is -0.980. The molecule has 0 fully saturated rings. The molecule has 5 nitrogen and oxygen atoms in total. The van der Waals surface area contributed by atoms with Gasteiger partial charge in [0.05, 0.1) is 0 Å². The molecule has 0 aliphatic rings. The molecule has 0 atom stereocenters. The van der Waals surface area contributed by atoms with Gasteiger partial charge in [-0.1, -0.05) is 39.7 Å². The Balaban J connectivity index is 2.98. The van der Waals surface area contributed by atoms with Crippen LogP contribution < -0.4 is 5.73 Å². The molecule has 0 saturated heterocycles. The van der Waals surface area contributed by atoms with Crippen molar-refractivity contribution in [2.45, 2.75) is 45.2 Å². The Morgan fingerprint density at radius 2 is 1.90 bits per heavy atom. The van der Waals surface area contributed by atoms with Crippen molar-refractivity contribution in [1.29, 1.82) is 0 Å². The van der Waals surface area contributed by atoms with Crippen molar-refractivity contribution in [1.82, 2.24) is 9.29 Å². The van der Waals surface area contributed by atoms with Gasteiger partial charge in [-0.25, -0.2) is 13.4 Å². The summed E-state index contributed by atoms with van der Waals surface area (Å²) in [6.45, 7) is 7.39. The van der Waals surface area contributed by atoms with Crippen molar-refractivity contribution < 1.29 is 8.42 Å². The van der Waals surface area contributed by atoms with Crippen LogP contribution in [0.1, 0.15) is 39.2 Å². The smallest absolute Gasteiger partial charge is 0.260 e. The fourth-order valence-corrected chi connectivity index (χ4v) is 3.49. The predicted octanol–water partition coefficient (Wildman–Crippen LogP) is 1.99. The number of sulfonamides is 1. The van der Waals surface area contributed by atoms with Gasteiger partial charge in [0.2, 0.25) is 0 Å². The van der Waals surface area contributed by atoms with Crippen LogP contribution in [0.3, 0.4) is 0 Å². The Kier molecular flexibility index (Phi) is 6.58. The molecule has 1 aromatic heterocycles. The molecule has 2 N–H and O–H groups in total. The highest BCUT2D eigenvalue weighted by molar-refractivity contribution is 7.89. The number of rotatable bonds is 8. The molecule has 0 aliphatic carbocycles. The van der Waals surface area contributed by atoms with E-state index >= 15 is 0 Å². The molecule has 0 aromatic carbocycles. The maximum atomic E-state index is 12.6. The molecule has 0 unspecified atom stereocenters. The lowest BCUT2D eigenvalue weighted by molar-refractivity contribution is 0.338. The van der Waals surface area contributed by atoms with Gasteiger partial charge < -0.3 is 5.73 Å². The quantitative estimate of drug-likeness (QED) is 0.796. The molecule has 0 spiro atoms. The van der Waals surface area contributed by atoms with E-state index in [4.69, 9.17) is 5.73 Å². The zero-order chi connectivity index (χ0) is 15.2. The van der Waals surface area contributed by atoms with Crippen molar-refractivity contribution in [3.8, 4) is 0 Å². The van der Waals surface area contributed by atoms with E-state index in [-0.39, 0.29) is 5.03 Å². The van der Waals surface area contributed by atoms with E-state index in [1.165, 1.54) is 16.6 Å². The Labute approximate surface area is 122 Å². The van der Waals surface area contributed by atoms with Gasteiger partial charge in [-0.15, -0.1) is 0 Å². The molecule has 0 amide bonds. The molecule has 0 bridgehead atoms. The lowest BCUT2D eigenvalue weighted by Crippen LogP contribution is -2.35. The lowest BCUT2D eigenvalue weighted by atomic mass is 10.0.